The summed E-state index contributed by atoms with van der Waals surface area (Å²) in [6.45, 7) is 0. The Hall–Kier alpha value is -1.10. The molecule has 0 aromatic heterocycles. The van der Waals surface area contributed by atoms with Crippen LogP contribution in [-0.4, -0.2) is 29.2 Å². The van der Waals surface area contributed by atoms with Gasteiger partial charge in [-0.05, 0) is 25.7 Å². The van der Waals surface area contributed by atoms with Crippen molar-refractivity contribution in [1.29, 1.82) is 0 Å². The highest BCUT2D eigenvalue weighted by molar-refractivity contribution is 5.76. The first kappa shape index (κ1) is 12.0. The number of hydrogen-bond acceptors (Lipinski definition) is 4. The number of carbonyl (C=O) groups is 2. The van der Waals surface area contributed by atoms with Gasteiger partial charge in [-0.15, -0.1) is 0 Å². The van der Waals surface area contributed by atoms with Crippen molar-refractivity contribution in [2.24, 2.45) is 5.73 Å². The molecule has 0 saturated heterocycles. The fraction of sp³-hybridized carbons (Fsp3) is 0.800. The van der Waals surface area contributed by atoms with Crippen LogP contribution in [0.15, 0.2) is 0 Å². The molecule has 1 rings (SSSR count). The molecule has 0 spiro atoms. The van der Waals surface area contributed by atoms with E-state index in [1.807, 2.05) is 0 Å². The van der Waals surface area contributed by atoms with Crippen LogP contribution in [0.2, 0.25) is 0 Å². The van der Waals surface area contributed by atoms with Crippen LogP contribution in [0.4, 0.5) is 0 Å². The standard InChI is InChI=1S/C10H17NO4/c11-7-1-3-8(4-2-7)15-10(14)6-5-9(12)13/h7-8H,1-6,11H2,(H,12,13)/t7-,8-. The molecule has 1 saturated carbocycles. The average Bonchev–Trinajstić information content (AvgIpc) is 2.19. The molecule has 0 unspecified atom stereocenters. The summed E-state index contributed by atoms with van der Waals surface area (Å²) in [4.78, 5) is 21.4. The summed E-state index contributed by atoms with van der Waals surface area (Å²) in [5.41, 5.74) is 5.71. The molecule has 86 valence electrons. The number of hydrogen-bond donors (Lipinski definition) is 2. The molecule has 1 aliphatic rings. The number of nitrogens with two attached hydrogens (primary N) is 1. The lowest BCUT2D eigenvalue weighted by Crippen LogP contribution is -2.31. The second-order valence-corrected chi connectivity index (χ2v) is 3.92. The lowest BCUT2D eigenvalue weighted by atomic mass is 9.94. The Morgan fingerprint density at radius 2 is 1.80 bits per heavy atom. The molecule has 0 heterocycles. The number of carboxylic acids is 1. The van der Waals surface area contributed by atoms with Gasteiger partial charge in [-0.2, -0.15) is 0 Å². The van der Waals surface area contributed by atoms with Crippen LogP contribution in [0.1, 0.15) is 38.5 Å². The van der Waals surface area contributed by atoms with Crippen molar-refractivity contribution in [3.63, 3.8) is 0 Å². The SMILES string of the molecule is N[C@H]1CC[C@H](OC(=O)CCC(=O)O)CC1. The molecule has 1 fully saturated rings. The summed E-state index contributed by atoms with van der Waals surface area (Å²) >= 11 is 0. The molecule has 1 aliphatic carbocycles. The van der Waals surface area contributed by atoms with E-state index in [2.05, 4.69) is 0 Å². The summed E-state index contributed by atoms with van der Waals surface area (Å²) in [5, 5.41) is 8.38. The van der Waals surface area contributed by atoms with E-state index in [4.69, 9.17) is 15.6 Å². The fourth-order valence-corrected chi connectivity index (χ4v) is 1.66. The van der Waals surface area contributed by atoms with Gasteiger partial charge < -0.3 is 15.6 Å². The second kappa shape index (κ2) is 5.70. The molecular formula is C10H17NO4. The maximum absolute atomic E-state index is 11.2. The Balaban J connectivity index is 2.17. The number of carbonyl (C=O) groups excluding carboxylic acids is 1. The van der Waals surface area contributed by atoms with Crippen LogP contribution < -0.4 is 5.73 Å². The smallest absolute Gasteiger partial charge is 0.306 e. The average molecular weight is 215 g/mol. The highest BCUT2D eigenvalue weighted by Gasteiger charge is 2.21. The zero-order valence-electron chi connectivity index (χ0n) is 8.65. The third-order valence-electron chi connectivity index (χ3n) is 2.56. The molecule has 0 aliphatic heterocycles. The molecule has 3 N–H and O–H groups in total. The summed E-state index contributed by atoms with van der Waals surface area (Å²) in [7, 11) is 0. The van der Waals surface area contributed by atoms with Crippen molar-refractivity contribution < 1.29 is 19.4 Å². The topological polar surface area (TPSA) is 89.6 Å². The fourth-order valence-electron chi connectivity index (χ4n) is 1.66. The van der Waals surface area contributed by atoms with Crippen molar-refractivity contribution in [3.8, 4) is 0 Å². The van der Waals surface area contributed by atoms with Crippen molar-refractivity contribution in [1.82, 2.24) is 0 Å². The number of carboxylic acid groups (broad SMARTS) is 1. The highest BCUT2D eigenvalue weighted by Crippen LogP contribution is 2.20. The van der Waals surface area contributed by atoms with Gasteiger partial charge in [0, 0.05) is 6.04 Å². The molecular weight excluding hydrogens is 198 g/mol. The van der Waals surface area contributed by atoms with Gasteiger partial charge in [-0.3, -0.25) is 9.59 Å². The summed E-state index contributed by atoms with van der Waals surface area (Å²) in [6.07, 6.45) is 3.06. The Bertz CT molecular complexity index is 234. The Morgan fingerprint density at radius 1 is 1.20 bits per heavy atom. The highest BCUT2D eigenvalue weighted by atomic mass is 16.5. The van der Waals surface area contributed by atoms with Crippen LogP contribution in [0, 0.1) is 0 Å². The quantitative estimate of drug-likeness (QED) is 0.672. The first-order valence-corrected chi connectivity index (χ1v) is 5.25. The monoisotopic (exact) mass is 215 g/mol. The molecule has 0 aromatic carbocycles. The second-order valence-electron chi connectivity index (χ2n) is 3.92. The zero-order chi connectivity index (χ0) is 11.3. The summed E-state index contributed by atoms with van der Waals surface area (Å²) < 4.78 is 5.13. The Labute approximate surface area is 88.6 Å². The largest absolute Gasteiger partial charge is 0.481 e. The lowest BCUT2D eigenvalue weighted by Gasteiger charge is -2.25. The number of esters is 1. The van der Waals surface area contributed by atoms with Crippen LogP contribution in [0.3, 0.4) is 0 Å². The van der Waals surface area contributed by atoms with E-state index in [1.54, 1.807) is 0 Å². The molecule has 5 heteroatoms. The summed E-state index contributed by atoms with van der Waals surface area (Å²) in [6, 6.07) is 0.221. The molecule has 5 nitrogen and oxygen atoms in total. The first-order chi connectivity index (χ1) is 7.08. The van der Waals surface area contributed by atoms with Gasteiger partial charge in [0.05, 0.1) is 12.8 Å². The molecule has 0 amide bonds. The molecule has 0 radical (unpaired) electrons. The van der Waals surface area contributed by atoms with E-state index in [1.165, 1.54) is 0 Å². The van der Waals surface area contributed by atoms with Gasteiger partial charge in [-0.1, -0.05) is 0 Å². The maximum atomic E-state index is 11.2. The third-order valence-corrected chi connectivity index (χ3v) is 2.56. The maximum Gasteiger partial charge on any atom is 0.306 e. The zero-order valence-corrected chi connectivity index (χ0v) is 8.65. The molecule has 0 atom stereocenters. The van der Waals surface area contributed by atoms with Gasteiger partial charge in [0.15, 0.2) is 0 Å². The normalized spacial score (nSPS) is 25.9. The molecule has 0 aromatic rings. The number of aliphatic carboxylic acids is 1. The van der Waals surface area contributed by atoms with Gasteiger partial charge in [0.2, 0.25) is 0 Å². The van der Waals surface area contributed by atoms with Crippen molar-refractivity contribution >= 4 is 11.9 Å². The third kappa shape index (κ3) is 4.78. The Kier molecular flexibility index (Phi) is 4.55. The predicted octanol–water partition coefficient (Wildman–Crippen LogP) is 0.664. The van der Waals surface area contributed by atoms with E-state index in [0.29, 0.717) is 0 Å². The predicted molar refractivity (Wildman–Crippen MR) is 53.2 cm³/mol. The lowest BCUT2D eigenvalue weighted by molar-refractivity contribution is -0.153. The minimum absolute atomic E-state index is 0.0438. The minimum Gasteiger partial charge on any atom is -0.481 e. The number of rotatable bonds is 4. The molecule has 0 bridgehead atoms. The van der Waals surface area contributed by atoms with E-state index in [9.17, 15) is 9.59 Å². The van der Waals surface area contributed by atoms with Crippen molar-refractivity contribution in [2.45, 2.75) is 50.7 Å². The van der Waals surface area contributed by atoms with Gasteiger partial charge in [-0.25, -0.2) is 0 Å². The summed E-state index contributed by atoms with van der Waals surface area (Å²) in [5.74, 6) is -1.39. The van der Waals surface area contributed by atoms with Gasteiger partial charge >= 0.3 is 11.9 Å². The van der Waals surface area contributed by atoms with Gasteiger partial charge in [0.1, 0.15) is 6.10 Å². The Morgan fingerprint density at radius 3 is 2.33 bits per heavy atom. The minimum atomic E-state index is -0.974. The van der Waals surface area contributed by atoms with Gasteiger partial charge in [0.25, 0.3) is 0 Å². The van der Waals surface area contributed by atoms with E-state index in [0.717, 1.165) is 25.7 Å². The number of ether oxygens (including phenoxy) is 1. The van der Waals surface area contributed by atoms with Crippen LogP contribution in [-0.2, 0) is 14.3 Å². The van der Waals surface area contributed by atoms with Crippen LogP contribution in [0.5, 0.6) is 0 Å². The van der Waals surface area contributed by atoms with E-state index < -0.39 is 11.9 Å². The first-order valence-electron chi connectivity index (χ1n) is 5.25. The van der Waals surface area contributed by atoms with Crippen molar-refractivity contribution in [2.75, 3.05) is 0 Å². The van der Waals surface area contributed by atoms with E-state index in [-0.39, 0.29) is 25.0 Å². The van der Waals surface area contributed by atoms with E-state index >= 15 is 0 Å². The van der Waals surface area contributed by atoms with Crippen LogP contribution in [0.25, 0.3) is 0 Å². The van der Waals surface area contributed by atoms with Crippen molar-refractivity contribution in [3.05, 3.63) is 0 Å². The molecule has 15 heavy (non-hydrogen) atoms. The van der Waals surface area contributed by atoms with Crippen LogP contribution >= 0.6 is 0 Å².